The van der Waals surface area contributed by atoms with Crippen LogP contribution in [-0.2, 0) is 6.61 Å². The number of nitrogen functional groups attached to an aromatic ring is 1. The van der Waals surface area contributed by atoms with Crippen molar-refractivity contribution in [3.63, 3.8) is 0 Å². The largest absolute Gasteiger partial charge is 0.490 e. The SMILES string of the molecule is CCOc1cc(/C=N/NC(=O)c2ccccc2N)ccc1OCc1cccc(C)c1. The zero-order valence-corrected chi connectivity index (χ0v) is 17.1. The van der Waals surface area contributed by atoms with Crippen LogP contribution in [0.15, 0.2) is 71.8 Å². The van der Waals surface area contributed by atoms with Gasteiger partial charge in [-0.15, -0.1) is 0 Å². The maximum Gasteiger partial charge on any atom is 0.273 e. The number of nitrogens with one attached hydrogen (secondary N) is 1. The Morgan fingerprint density at radius 1 is 1.03 bits per heavy atom. The zero-order valence-electron chi connectivity index (χ0n) is 17.1. The molecule has 3 aromatic rings. The van der Waals surface area contributed by atoms with Gasteiger partial charge in [-0.25, -0.2) is 5.43 Å². The molecule has 0 spiro atoms. The molecule has 0 heterocycles. The number of ether oxygens (including phenoxy) is 2. The van der Waals surface area contributed by atoms with E-state index in [1.807, 2.05) is 50.2 Å². The van der Waals surface area contributed by atoms with Crippen LogP contribution in [-0.4, -0.2) is 18.7 Å². The van der Waals surface area contributed by atoms with Gasteiger partial charge in [-0.3, -0.25) is 4.79 Å². The summed E-state index contributed by atoms with van der Waals surface area (Å²) in [6, 6.07) is 20.5. The molecule has 0 fully saturated rings. The number of amides is 1. The second-order valence-electron chi connectivity index (χ2n) is 6.70. The summed E-state index contributed by atoms with van der Waals surface area (Å²) in [5, 5.41) is 4.02. The van der Waals surface area contributed by atoms with Crippen molar-refractivity contribution in [2.45, 2.75) is 20.5 Å². The smallest absolute Gasteiger partial charge is 0.273 e. The summed E-state index contributed by atoms with van der Waals surface area (Å²) in [4.78, 5) is 12.2. The Bertz CT molecular complexity index is 1050. The van der Waals surface area contributed by atoms with Crippen molar-refractivity contribution in [1.82, 2.24) is 5.43 Å². The minimum atomic E-state index is -0.368. The Balaban J connectivity index is 1.67. The van der Waals surface area contributed by atoms with Crippen LogP contribution >= 0.6 is 0 Å². The number of hydrogen-bond donors (Lipinski definition) is 2. The molecule has 30 heavy (non-hydrogen) atoms. The topological polar surface area (TPSA) is 85.9 Å². The molecule has 0 unspecified atom stereocenters. The number of aryl methyl sites for hydroxylation is 1. The molecule has 3 rings (SSSR count). The second kappa shape index (κ2) is 10.1. The minimum absolute atomic E-state index is 0.368. The van der Waals surface area contributed by atoms with Gasteiger partial charge in [0.1, 0.15) is 6.61 Å². The fourth-order valence-electron chi connectivity index (χ4n) is 2.88. The Hall–Kier alpha value is -3.80. The van der Waals surface area contributed by atoms with Crippen molar-refractivity contribution in [3.05, 3.63) is 89.0 Å². The number of nitrogens with zero attached hydrogens (tertiary/aromatic N) is 1. The molecule has 3 aromatic carbocycles. The number of hydrogen-bond acceptors (Lipinski definition) is 5. The van der Waals surface area contributed by atoms with Crippen LogP contribution in [0.25, 0.3) is 0 Å². The quantitative estimate of drug-likeness (QED) is 0.333. The van der Waals surface area contributed by atoms with Crippen LogP contribution in [0, 0.1) is 6.92 Å². The molecule has 0 saturated heterocycles. The van der Waals surface area contributed by atoms with E-state index in [2.05, 4.69) is 16.6 Å². The van der Waals surface area contributed by atoms with Gasteiger partial charge >= 0.3 is 0 Å². The Morgan fingerprint density at radius 2 is 1.87 bits per heavy atom. The molecule has 154 valence electrons. The normalized spacial score (nSPS) is 10.7. The van der Waals surface area contributed by atoms with Crippen LogP contribution < -0.4 is 20.6 Å². The van der Waals surface area contributed by atoms with Crippen molar-refractivity contribution in [1.29, 1.82) is 0 Å². The Morgan fingerprint density at radius 3 is 2.63 bits per heavy atom. The van der Waals surface area contributed by atoms with Gasteiger partial charge in [-0.05, 0) is 55.3 Å². The van der Waals surface area contributed by atoms with E-state index in [0.717, 1.165) is 11.1 Å². The molecule has 0 aliphatic carbocycles. The molecule has 6 nitrogen and oxygen atoms in total. The number of benzene rings is 3. The molecule has 0 aromatic heterocycles. The van der Waals surface area contributed by atoms with Gasteiger partial charge in [0.05, 0.1) is 18.4 Å². The number of nitrogens with two attached hydrogens (primary N) is 1. The van der Waals surface area contributed by atoms with Gasteiger partial charge in [0, 0.05) is 5.69 Å². The summed E-state index contributed by atoms with van der Waals surface area (Å²) >= 11 is 0. The summed E-state index contributed by atoms with van der Waals surface area (Å²) in [5.74, 6) is 0.900. The second-order valence-corrected chi connectivity index (χ2v) is 6.70. The minimum Gasteiger partial charge on any atom is -0.490 e. The third-order valence-corrected chi connectivity index (χ3v) is 4.33. The molecule has 0 radical (unpaired) electrons. The first-order valence-electron chi connectivity index (χ1n) is 9.70. The molecule has 3 N–H and O–H groups in total. The van der Waals surface area contributed by atoms with E-state index in [9.17, 15) is 4.79 Å². The standard InChI is InChI=1S/C24H25N3O3/c1-3-29-23-14-18(15-26-27-24(28)20-9-4-5-10-21(20)25)11-12-22(23)30-16-19-8-6-7-17(2)13-19/h4-15H,3,16,25H2,1-2H3,(H,27,28)/b26-15+. The lowest BCUT2D eigenvalue weighted by Gasteiger charge is -2.13. The van der Waals surface area contributed by atoms with Crippen LogP contribution in [0.5, 0.6) is 11.5 Å². The first-order chi connectivity index (χ1) is 14.6. The van der Waals surface area contributed by atoms with Crippen molar-refractivity contribution < 1.29 is 14.3 Å². The van der Waals surface area contributed by atoms with Gasteiger partial charge < -0.3 is 15.2 Å². The summed E-state index contributed by atoms with van der Waals surface area (Å²) in [5.41, 5.74) is 12.1. The van der Waals surface area contributed by atoms with E-state index in [4.69, 9.17) is 15.2 Å². The van der Waals surface area contributed by atoms with Crippen LogP contribution in [0.4, 0.5) is 5.69 Å². The lowest BCUT2D eigenvalue weighted by Crippen LogP contribution is -2.19. The van der Waals surface area contributed by atoms with E-state index < -0.39 is 0 Å². The summed E-state index contributed by atoms with van der Waals surface area (Å²) < 4.78 is 11.7. The van der Waals surface area contributed by atoms with Crippen LogP contribution in [0.2, 0.25) is 0 Å². The molecule has 6 heteroatoms. The average Bonchev–Trinajstić information content (AvgIpc) is 2.74. The van der Waals surface area contributed by atoms with Gasteiger partial charge in [0.2, 0.25) is 0 Å². The Labute approximate surface area is 176 Å². The predicted octanol–water partition coefficient (Wildman–Crippen LogP) is 4.32. The number of hydrazone groups is 1. The number of anilines is 1. The molecular weight excluding hydrogens is 378 g/mol. The van der Waals surface area contributed by atoms with Crippen molar-refractivity contribution in [3.8, 4) is 11.5 Å². The first-order valence-corrected chi connectivity index (χ1v) is 9.70. The lowest BCUT2D eigenvalue weighted by atomic mass is 10.1. The first kappa shape index (κ1) is 20.9. The Kier molecular flexibility index (Phi) is 7.05. The van der Waals surface area contributed by atoms with Crippen molar-refractivity contribution in [2.75, 3.05) is 12.3 Å². The van der Waals surface area contributed by atoms with Gasteiger partial charge in [0.25, 0.3) is 5.91 Å². The average molecular weight is 403 g/mol. The highest BCUT2D eigenvalue weighted by Gasteiger charge is 2.08. The van der Waals surface area contributed by atoms with Crippen LogP contribution in [0.1, 0.15) is 34.0 Å². The highest BCUT2D eigenvalue weighted by molar-refractivity contribution is 5.99. The molecular formula is C24H25N3O3. The molecule has 0 bridgehead atoms. The third-order valence-electron chi connectivity index (χ3n) is 4.33. The number of para-hydroxylation sites is 1. The van der Waals surface area contributed by atoms with Gasteiger partial charge in [0.15, 0.2) is 11.5 Å². The number of carbonyl (C=O) groups is 1. The summed E-state index contributed by atoms with van der Waals surface area (Å²) in [6.07, 6.45) is 1.55. The molecule has 0 saturated carbocycles. The van der Waals surface area contributed by atoms with E-state index in [0.29, 0.717) is 36.0 Å². The van der Waals surface area contributed by atoms with Crippen LogP contribution in [0.3, 0.4) is 0 Å². The maximum atomic E-state index is 12.2. The molecule has 0 atom stereocenters. The van der Waals surface area contributed by atoms with E-state index in [1.54, 1.807) is 30.5 Å². The molecule has 1 amide bonds. The van der Waals surface area contributed by atoms with Gasteiger partial charge in [-0.2, -0.15) is 5.10 Å². The zero-order chi connectivity index (χ0) is 21.3. The molecule has 0 aliphatic rings. The highest BCUT2D eigenvalue weighted by atomic mass is 16.5. The third kappa shape index (κ3) is 5.61. The summed E-state index contributed by atoms with van der Waals surface area (Å²) in [7, 11) is 0. The molecule has 0 aliphatic heterocycles. The van der Waals surface area contributed by atoms with E-state index >= 15 is 0 Å². The highest BCUT2D eigenvalue weighted by Crippen LogP contribution is 2.29. The predicted molar refractivity (Wildman–Crippen MR) is 119 cm³/mol. The van der Waals surface area contributed by atoms with Crippen molar-refractivity contribution >= 4 is 17.8 Å². The lowest BCUT2D eigenvalue weighted by molar-refractivity contribution is 0.0956. The number of rotatable bonds is 8. The summed E-state index contributed by atoms with van der Waals surface area (Å²) in [6.45, 7) is 4.92. The fourth-order valence-corrected chi connectivity index (χ4v) is 2.88. The maximum absolute atomic E-state index is 12.2. The van der Waals surface area contributed by atoms with E-state index in [-0.39, 0.29) is 5.91 Å². The number of carbonyl (C=O) groups excluding carboxylic acids is 1. The monoisotopic (exact) mass is 403 g/mol. The van der Waals surface area contributed by atoms with E-state index in [1.165, 1.54) is 5.56 Å². The van der Waals surface area contributed by atoms with Crippen molar-refractivity contribution in [2.24, 2.45) is 5.10 Å². The van der Waals surface area contributed by atoms with Gasteiger partial charge in [-0.1, -0.05) is 42.0 Å². The fraction of sp³-hybridized carbons (Fsp3) is 0.167.